The number of amides is 1. The highest BCUT2D eigenvalue weighted by Gasteiger charge is 2.24. The van der Waals surface area contributed by atoms with E-state index >= 15 is 0 Å². The van der Waals surface area contributed by atoms with Crippen molar-refractivity contribution in [3.63, 3.8) is 0 Å². The maximum absolute atomic E-state index is 12.5. The van der Waals surface area contributed by atoms with E-state index in [0.29, 0.717) is 36.6 Å². The number of nitrogens with zero attached hydrogens (tertiary/aromatic N) is 3. The number of anilines is 1. The van der Waals surface area contributed by atoms with Gasteiger partial charge in [-0.2, -0.15) is 5.26 Å². The summed E-state index contributed by atoms with van der Waals surface area (Å²) in [5, 5.41) is 12.0. The Kier molecular flexibility index (Phi) is 4.12. The Hall–Kier alpha value is -3.25. The Balaban J connectivity index is 1.64. The number of ether oxygens (including phenoxy) is 2. The van der Waals surface area contributed by atoms with Crippen molar-refractivity contribution in [1.29, 1.82) is 5.26 Å². The molecule has 0 atom stereocenters. The molecule has 138 valence electrons. The lowest BCUT2D eigenvalue weighted by Crippen LogP contribution is -2.44. The molecule has 10 heteroatoms. The average Bonchev–Trinajstić information content (AvgIpc) is 3.28. The first-order valence-electron chi connectivity index (χ1n) is 8.15. The number of nitriles is 1. The van der Waals surface area contributed by atoms with E-state index in [1.165, 1.54) is 16.7 Å². The van der Waals surface area contributed by atoms with Crippen LogP contribution in [-0.4, -0.2) is 21.8 Å². The Morgan fingerprint density at radius 1 is 1.30 bits per heavy atom. The second-order valence-corrected chi connectivity index (χ2v) is 6.50. The van der Waals surface area contributed by atoms with Crippen molar-refractivity contribution in [3.05, 3.63) is 49.3 Å². The van der Waals surface area contributed by atoms with E-state index < -0.39 is 23.7 Å². The first kappa shape index (κ1) is 17.2. The van der Waals surface area contributed by atoms with Gasteiger partial charge < -0.3 is 14.8 Å². The van der Waals surface area contributed by atoms with Crippen molar-refractivity contribution < 1.29 is 14.3 Å². The predicted octanol–water partition coefficient (Wildman–Crippen LogP) is 0.849. The standard InChI is InChI=1S/C17H13ClN4O5/c18-10-4-13-14(27-8-26-13)5-11(10)20-15(23)7-22-16(24)9(6-19)12-2-1-3-21(12)17(22)25/h4-5H,1-3,7-8H2,(H,20,23). The Labute approximate surface area is 157 Å². The normalized spacial score (nSPS) is 13.9. The van der Waals surface area contributed by atoms with Gasteiger partial charge in [-0.05, 0) is 12.8 Å². The van der Waals surface area contributed by atoms with Gasteiger partial charge in [0.2, 0.25) is 12.7 Å². The summed E-state index contributed by atoms with van der Waals surface area (Å²) >= 11 is 6.11. The molecule has 0 saturated heterocycles. The van der Waals surface area contributed by atoms with Crippen LogP contribution in [0.5, 0.6) is 11.5 Å². The zero-order chi connectivity index (χ0) is 19.1. The molecular weight excluding hydrogens is 376 g/mol. The molecule has 1 amide bonds. The van der Waals surface area contributed by atoms with Crippen LogP contribution >= 0.6 is 11.6 Å². The van der Waals surface area contributed by atoms with Crippen LogP contribution in [0.25, 0.3) is 0 Å². The minimum absolute atomic E-state index is 0.0568. The van der Waals surface area contributed by atoms with E-state index in [-0.39, 0.29) is 23.1 Å². The number of aromatic nitrogens is 2. The summed E-state index contributed by atoms with van der Waals surface area (Å²) < 4.78 is 12.6. The first-order chi connectivity index (χ1) is 13.0. The second kappa shape index (κ2) is 6.48. The van der Waals surface area contributed by atoms with Gasteiger partial charge in [0.05, 0.1) is 10.7 Å². The van der Waals surface area contributed by atoms with Crippen molar-refractivity contribution in [3.8, 4) is 17.6 Å². The molecule has 9 nitrogen and oxygen atoms in total. The third-order valence-corrected chi connectivity index (χ3v) is 4.79. The lowest BCUT2D eigenvalue weighted by molar-refractivity contribution is -0.116. The van der Waals surface area contributed by atoms with E-state index in [1.54, 1.807) is 0 Å². The fourth-order valence-electron chi connectivity index (χ4n) is 3.23. The minimum Gasteiger partial charge on any atom is -0.454 e. The molecule has 1 aromatic heterocycles. The number of fused-ring (bicyclic) bond motifs is 2. The molecule has 0 unspecified atom stereocenters. The van der Waals surface area contributed by atoms with Crippen LogP contribution < -0.4 is 26.0 Å². The maximum atomic E-state index is 12.5. The van der Waals surface area contributed by atoms with Gasteiger partial charge in [0.15, 0.2) is 11.5 Å². The molecule has 0 fully saturated rings. The number of hydrogen-bond acceptors (Lipinski definition) is 6. The van der Waals surface area contributed by atoms with E-state index in [4.69, 9.17) is 21.1 Å². The van der Waals surface area contributed by atoms with Crippen LogP contribution in [-0.2, 0) is 24.3 Å². The number of nitrogens with one attached hydrogen (secondary N) is 1. The van der Waals surface area contributed by atoms with Gasteiger partial charge in [-0.25, -0.2) is 9.36 Å². The van der Waals surface area contributed by atoms with Crippen molar-refractivity contribution in [2.75, 3.05) is 12.1 Å². The van der Waals surface area contributed by atoms with Gasteiger partial charge in [-0.15, -0.1) is 0 Å². The van der Waals surface area contributed by atoms with Crippen LogP contribution in [0.4, 0.5) is 5.69 Å². The Morgan fingerprint density at radius 2 is 2.04 bits per heavy atom. The quantitative estimate of drug-likeness (QED) is 0.833. The summed E-state index contributed by atoms with van der Waals surface area (Å²) in [4.78, 5) is 37.4. The zero-order valence-electron chi connectivity index (χ0n) is 14.0. The number of hydrogen-bond donors (Lipinski definition) is 1. The highest BCUT2D eigenvalue weighted by molar-refractivity contribution is 6.34. The highest BCUT2D eigenvalue weighted by Crippen LogP contribution is 2.39. The summed E-state index contributed by atoms with van der Waals surface area (Å²) in [5.41, 5.74) is -0.759. The fraction of sp³-hybridized carbons (Fsp3) is 0.294. The fourth-order valence-corrected chi connectivity index (χ4v) is 3.44. The molecule has 2 aromatic rings. The maximum Gasteiger partial charge on any atom is 0.331 e. The number of benzene rings is 1. The van der Waals surface area contributed by atoms with Gasteiger partial charge in [0.1, 0.15) is 18.2 Å². The topological polar surface area (TPSA) is 115 Å². The van der Waals surface area contributed by atoms with Gasteiger partial charge in [-0.3, -0.25) is 14.2 Å². The third-order valence-electron chi connectivity index (χ3n) is 4.48. The van der Waals surface area contributed by atoms with E-state index in [0.717, 1.165) is 4.57 Å². The summed E-state index contributed by atoms with van der Waals surface area (Å²) in [7, 11) is 0. The van der Waals surface area contributed by atoms with Crippen LogP contribution in [0.1, 0.15) is 17.7 Å². The van der Waals surface area contributed by atoms with E-state index in [9.17, 15) is 19.6 Å². The molecule has 1 N–H and O–H groups in total. The van der Waals surface area contributed by atoms with Crippen molar-refractivity contribution >= 4 is 23.2 Å². The summed E-state index contributed by atoms with van der Waals surface area (Å²) in [5.74, 6) is 0.262. The molecule has 2 aliphatic heterocycles. The molecule has 3 heterocycles. The van der Waals surface area contributed by atoms with Gasteiger partial charge in [0, 0.05) is 24.4 Å². The first-order valence-corrected chi connectivity index (χ1v) is 8.53. The van der Waals surface area contributed by atoms with Crippen molar-refractivity contribution in [2.45, 2.75) is 25.9 Å². The third kappa shape index (κ3) is 2.84. The largest absolute Gasteiger partial charge is 0.454 e. The monoisotopic (exact) mass is 388 g/mol. The van der Waals surface area contributed by atoms with E-state index in [1.807, 2.05) is 6.07 Å². The lowest BCUT2D eigenvalue weighted by atomic mass is 10.2. The predicted molar refractivity (Wildman–Crippen MR) is 94.2 cm³/mol. The van der Waals surface area contributed by atoms with Gasteiger partial charge in [0.25, 0.3) is 5.56 Å². The molecule has 1 aromatic carbocycles. The number of halogens is 1. The molecule has 0 aliphatic carbocycles. The summed E-state index contributed by atoms with van der Waals surface area (Å²) in [6.07, 6.45) is 1.17. The summed E-state index contributed by atoms with van der Waals surface area (Å²) in [6.45, 7) is -0.0581. The zero-order valence-corrected chi connectivity index (χ0v) is 14.7. The van der Waals surface area contributed by atoms with Gasteiger partial charge in [-0.1, -0.05) is 11.6 Å². The molecule has 0 saturated carbocycles. The Bertz CT molecular complexity index is 1130. The highest BCUT2D eigenvalue weighted by atomic mass is 35.5. The van der Waals surface area contributed by atoms with Crippen LogP contribution in [0.15, 0.2) is 21.7 Å². The minimum atomic E-state index is -0.761. The number of rotatable bonds is 3. The Morgan fingerprint density at radius 3 is 2.78 bits per heavy atom. The molecule has 27 heavy (non-hydrogen) atoms. The molecular formula is C17H13ClN4O5. The van der Waals surface area contributed by atoms with Crippen molar-refractivity contribution in [1.82, 2.24) is 9.13 Å². The van der Waals surface area contributed by atoms with Crippen LogP contribution in [0.2, 0.25) is 5.02 Å². The molecule has 0 spiro atoms. The lowest BCUT2D eigenvalue weighted by Gasteiger charge is -2.12. The number of carbonyl (C=O) groups excluding carboxylic acids is 1. The number of carbonyl (C=O) groups is 1. The average molecular weight is 389 g/mol. The van der Waals surface area contributed by atoms with E-state index in [2.05, 4.69) is 5.32 Å². The second-order valence-electron chi connectivity index (χ2n) is 6.10. The van der Waals surface area contributed by atoms with Crippen molar-refractivity contribution in [2.24, 2.45) is 0 Å². The smallest absolute Gasteiger partial charge is 0.331 e. The molecule has 0 bridgehead atoms. The summed E-state index contributed by atoms with van der Waals surface area (Å²) in [6, 6.07) is 4.85. The van der Waals surface area contributed by atoms with Crippen LogP contribution in [0, 0.1) is 11.3 Å². The SMILES string of the molecule is N#Cc1c2n(c(=O)n(CC(=O)Nc3cc4c(cc3Cl)OCO4)c1=O)CCC2. The molecule has 4 rings (SSSR count). The van der Waals surface area contributed by atoms with Gasteiger partial charge >= 0.3 is 5.69 Å². The van der Waals surface area contributed by atoms with Crippen LogP contribution in [0.3, 0.4) is 0 Å². The molecule has 2 aliphatic rings. The molecule has 0 radical (unpaired) electrons.